The van der Waals surface area contributed by atoms with Gasteiger partial charge < -0.3 is 35.2 Å². The van der Waals surface area contributed by atoms with E-state index in [1.54, 1.807) is 18.2 Å². The van der Waals surface area contributed by atoms with Gasteiger partial charge in [-0.3, -0.25) is 9.59 Å². The highest BCUT2D eigenvalue weighted by Gasteiger charge is 2.75. The summed E-state index contributed by atoms with van der Waals surface area (Å²) in [5, 5.41) is 59.5. The zero-order valence-corrected chi connectivity index (χ0v) is 32.5. The van der Waals surface area contributed by atoms with Gasteiger partial charge in [-0.1, -0.05) is 52.7 Å². The van der Waals surface area contributed by atoms with Gasteiger partial charge in [-0.05, 0) is 128 Å². The predicted molar refractivity (Wildman–Crippen MR) is 203 cm³/mol. The summed E-state index contributed by atoms with van der Waals surface area (Å²) in [4.78, 5) is 29.4. The average molecular weight is 744 g/mol. The molecule has 2 aliphatic heterocycles. The van der Waals surface area contributed by atoms with Crippen LogP contribution >= 0.6 is 0 Å². The summed E-state index contributed by atoms with van der Waals surface area (Å²) in [6.45, 7) is 9.29. The molecule has 6 fully saturated rings. The van der Waals surface area contributed by atoms with Crippen molar-refractivity contribution in [1.29, 1.82) is 0 Å². The number of carbonyl (C=O) groups excluding carboxylic acids is 2. The first-order valence-corrected chi connectivity index (χ1v) is 21.1. The van der Waals surface area contributed by atoms with E-state index >= 15 is 0 Å². The molecule has 1 aromatic carbocycles. The molecule has 6 aliphatic carbocycles. The molecule has 0 bridgehead atoms. The Balaban J connectivity index is 1.12. The normalized spacial score (nSPS) is 45.3. The molecular weight excluding hydrogens is 682 g/mol. The Kier molecular flexibility index (Phi) is 8.55. The molecule has 2 saturated heterocycles. The Morgan fingerprint density at radius 3 is 2.48 bits per heavy atom. The van der Waals surface area contributed by atoms with Crippen LogP contribution in [-0.4, -0.2) is 79.4 Å². The lowest BCUT2D eigenvalue weighted by Crippen LogP contribution is -2.66. The van der Waals surface area contributed by atoms with E-state index in [9.17, 15) is 35.1 Å². The molecule has 0 aromatic heterocycles. The molecule has 13 atom stereocenters. The number of ketones is 1. The maximum atomic E-state index is 14.1. The molecule has 0 radical (unpaired) electrons. The summed E-state index contributed by atoms with van der Waals surface area (Å²) < 4.78 is 6.42. The van der Waals surface area contributed by atoms with E-state index in [1.807, 2.05) is 11.0 Å². The lowest BCUT2D eigenvalue weighted by molar-refractivity contribution is -0.182. The van der Waals surface area contributed by atoms with Gasteiger partial charge in [0.2, 0.25) is 5.91 Å². The zero-order valence-electron chi connectivity index (χ0n) is 32.5. The van der Waals surface area contributed by atoms with Crippen molar-refractivity contribution < 1.29 is 39.9 Å². The molecule has 4 saturated carbocycles. The highest BCUT2D eigenvalue weighted by atomic mass is 16.6. The van der Waals surface area contributed by atoms with Crippen molar-refractivity contribution >= 4 is 17.4 Å². The fraction of sp³-hybridized carbons (Fsp3) is 0.733. The van der Waals surface area contributed by atoms with E-state index in [4.69, 9.17) is 4.74 Å². The first-order chi connectivity index (χ1) is 25.5. The molecule has 9 heteroatoms. The number of phenolic OH excluding ortho intramolecular Hbond substituents is 1. The number of rotatable bonds is 7. The number of phenols is 1. The number of amides is 1. The van der Waals surface area contributed by atoms with E-state index in [1.165, 1.54) is 0 Å². The Labute approximate surface area is 319 Å². The van der Waals surface area contributed by atoms with Crippen molar-refractivity contribution in [2.75, 3.05) is 11.4 Å². The van der Waals surface area contributed by atoms with Crippen molar-refractivity contribution in [3.8, 4) is 5.75 Å². The molecule has 54 heavy (non-hydrogen) atoms. The Morgan fingerprint density at radius 2 is 1.74 bits per heavy atom. The molecule has 9 nitrogen and oxygen atoms in total. The summed E-state index contributed by atoms with van der Waals surface area (Å²) in [6, 6.07) is 5.49. The molecule has 0 unspecified atom stereocenters. The number of anilines is 1. The minimum Gasteiger partial charge on any atom is -0.508 e. The maximum absolute atomic E-state index is 14.1. The van der Waals surface area contributed by atoms with Crippen LogP contribution in [0.25, 0.3) is 0 Å². The second-order valence-electron chi connectivity index (χ2n) is 20.0. The van der Waals surface area contributed by atoms with E-state index < -0.39 is 40.2 Å². The fourth-order valence-electron chi connectivity index (χ4n) is 13.9. The van der Waals surface area contributed by atoms with Crippen LogP contribution in [0.15, 0.2) is 42.0 Å². The van der Waals surface area contributed by atoms with Crippen molar-refractivity contribution in [3.63, 3.8) is 0 Å². The van der Waals surface area contributed by atoms with Gasteiger partial charge in [0.15, 0.2) is 5.78 Å². The van der Waals surface area contributed by atoms with Crippen LogP contribution in [0.5, 0.6) is 5.75 Å². The molecule has 1 aromatic rings. The van der Waals surface area contributed by atoms with Gasteiger partial charge >= 0.3 is 0 Å². The second kappa shape index (κ2) is 12.5. The minimum atomic E-state index is -1.41. The summed E-state index contributed by atoms with van der Waals surface area (Å²) in [5.41, 5.74) is -1.78. The van der Waals surface area contributed by atoms with E-state index in [-0.39, 0.29) is 71.6 Å². The minimum absolute atomic E-state index is 0.0240. The molecule has 8 aliphatic rings. The third-order valence-corrected chi connectivity index (χ3v) is 17.1. The number of aliphatic hydroxyl groups excluding tert-OH is 2. The number of aromatic hydroxyl groups is 1. The zero-order chi connectivity index (χ0) is 38.2. The topological polar surface area (TPSA) is 151 Å². The van der Waals surface area contributed by atoms with Crippen LogP contribution in [0.2, 0.25) is 0 Å². The summed E-state index contributed by atoms with van der Waals surface area (Å²) >= 11 is 0. The Morgan fingerprint density at radius 1 is 0.981 bits per heavy atom. The molecule has 1 amide bonds. The van der Waals surface area contributed by atoms with Gasteiger partial charge in [0.25, 0.3) is 0 Å². The summed E-state index contributed by atoms with van der Waals surface area (Å²) in [5.74, 6) is -0.340. The number of carbonyl (C=O) groups is 2. The lowest BCUT2D eigenvalue weighted by Gasteiger charge is -2.63. The number of allylic oxidation sites excluding steroid dienone is 2. The predicted octanol–water partition coefficient (Wildman–Crippen LogP) is 5.78. The van der Waals surface area contributed by atoms with Crippen molar-refractivity contribution in [2.45, 2.75) is 147 Å². The van der Waals surface area contributed by atoms with Gasteiger partial charge in [-0.2, -0.15) is 0 Å². The summed E-state index contributed by atoms with van der Waals surface area (Å²) in [6.07, 6.45) is 12.2. The van der Waals surface area contributed by atoms with Crippen LogP contribution in [-0.2, 0) is 20.7 Å². The molecule has 1 spiro atoms. The number of epoxide rings is 1. The number of hydrogen-bond donors (Lipinski definition) is 5. The van der Waals surface area contributed by atoms with E-state index in [0.717, 1.165) is 36.8 Å². The van der Waals surface area contributed by atoms with Crippen LogP contribution in [0.3, 0.4) is 0 Å². The number of nitrogens with zero attached hydrogens (tertiary/aromatic N) is 1. The summed E-state index contributed by atoms with van der Waals surface area (Å²) in [7, 11) is 0. The third-order valence-electron chi connectivity index (χ3n) is 17.1. The number of ether oxygens (including phenoxy) is 1. The molecule has 2 heterocycles. The van der Waals surface area contributed by atoms with Crippen LogP contribution in [0.4, 0.5) is 5.69 Å². The highest BCUT2D eigenvalue weighted by Crippen LogP contribution is 2.73. The SMILES string of the molecule is CC(C)[C@@H](C)[C@@H]1O[C@H]1[C@@]1(O)CC=C[C@@H]2C[C@H]3C(=CC(=O)[C@@H]4C[C@@H](O)[C@@H](O)C[C@@]43C)[C@]3(O)CC[C@H]1[C@@]23CCc1cc(O)cc(N2CC3(CCCC3)CC2=O)c1. The number of benzene rings is 1. The van der Waals surface area contributed by atoms with Crippen LogP contribution in [0, 0.1) is 51.8 Å². The Hall–Kier alpha value is -2.56. The van der Waals surface area contributed by atoms with Crippen molar-refractivity contribution in [2.24, 2.45) is 51.8 Å². The number of aliphatic hydroxyl groups is 4. The maximum Gasteiger partial charge on any atom is 0.227 e. The first kappa shape index (κ1) is 37.0. The van der Waals surface area contributed by atoms with Gasteiger partial charge in [-0.25, -0.2) is 0 Å². The van der Waals surface area contributed by atoms with Crippen molar-refractivity contribution in [1.82, 2.24) is 0 Å². The standard InChI is InChI=1S/C45H61NO8/c1-25(2)26(3)39-40(54-39)44(52)13-7-8-28-18-31-32(20-34(48)33-21-35(49)36(50)22-41(31,33)4)45(53)15-10-37(44)43(28,45)14-9-27-16-29(19-30(47)17-27)46-24-42(23-38(46)51)11-5-6-12-42/h7-8,16-17,19-20,25-26,28,31,33,35-37,39-40,47,49-50,52-53H,5-6,9-15,18,21-24H2,1-4H3/t26-,28-,31+,33+,35-,36+,37+,39+,40-,41-,43-,44-,45-/m1/s1. The molecular formula is C45H61NO8. The quantitative estimate of drug-likeness (QED) is 0.174. The smallest absolute Gasteiger partial charge is 0.227 e. The Bertz CT molecular complexity index is 1780. The van der Waals surface area contributed by atoms with Crippen LogP contribution < -0.4 is 4.90 Å². The lowest BCUT2D eigenvalue weighted by atomic mass is 9.42. The average Bonchev–Trinajstić information content (AvgIpc) is 3.58. The number of aryl methyl sites for hydroxylation is 1. The van der Waals surface area contributed by atoms with Gasteiger partial charge in [0.05, 0.1) is 23.9 Å². The van der Waals surface area contributed by atoms with E-state index in [2.05, 4.69) is 39.8 Å². The molecule has 9 rings (SSSR count). The largest absolute Gasteiger partial charge is 0.508 e. The molecule has 5 N–H and O–H groups in total. The number of fused-ring (bicyclic) bond motifs is 4. The van der Waals surface area contributed by atoms with Crippen LogP contribution in [0.1, 0.15) is 110 Å². The fourth-order valence-corrected chi connectivity index (χ4v) is 13.9. The van der Waals surface area contributed by atoms with Crippen molar-refractivity contribution in [3.05, 3.63) is 47.6 Å². The molecule has 294 valence electrons. The monoisotopic (exact) mass is 743 g/mol. The van der Waals surface area contributed by atoms with Gasteiger partial charge in [0, 0.05) is 42.0 Å². The van der Waals surface area contributed by atoms with E-state index in [0.29, 0.717) is 63.1 Å². The number of hydrogen-bond acceptors (Lipinski definition) is 8. The first-order valence-electron chi connectivity index (χ1n) is 21.1. The second-order valence-corrected chi connectivity index (χ2v) is 20.0. The van der Waals surface area contributed by atoms with Gasteiger partial charge in [-0.15, -0.1) is 0 Å². The highest BCUT2D eigenvalue weighted by molar-refractivity contribution is 5.97. The van der Waals surface area contributed by atoms with Gasteiger partial charge in [0.1, 0.15) is 17.5 Å². The third kappa shape index (κ3) is 5.19.